The van der Waals surface area contributed by atoms with E-state index in [-0.39, 0.29) is 0 Å². The SMILES string of the molecule is Cc1c(CNCc2ccccc2CN(C)C)cnn1C. The molecule has 0 radical (unpaired) electrons. The first kappa shape index (κ1) is 14.8. The molecule has 0 bridgehead atoms. The number of aryl methyl sites for hydroxylation is 1. The number of hydrogen-bond acceptors (Lipinski definition) is 3. The molecule has 0 atom stereocenters. The number of aromatic nitrogens is 2. The molecule has 0 saturated heterocycles. The number of nitrogens with zero attached hydrogens (tertiary/aromatic N) is 3. The zero-order valence-electron chi connectivity index (χ0n) is 12.8. The number of nitrogens with one attached hydrogen (secondary N) is 1. The topological polar surface area (TPSA) is 33.1 Å². The molecule has 4 heteroatoms. The molecule has 20 heavy (non-hydrogen) atoms. The van der Waals surface area contributed by atoms with Crippen LogP contribution in [-0.2, 0) is 26.7 Å². The fourth-order valence-electron chi connectivity index (χ4n) is 2.27. The van der Waals surface area contributed by atoms with Crippen LogP contribution in [0.4, 0.5) is 0 Å². The van der Waals surface area contributed by atoms with Crippen LogP contribution in [0.15, 0.2) is 30.5 Å². The first-order valence-electron chi connectivity index (χ1n) is 6.97. The Morgan fingerprint density at radius 2 is 1.75 bits per heavy atom. The molecule has 0 aliphatic carbocycles. The highest BCUT2D eigenvalue weighted by Gasteiger charge is 2.05. The Morgan fingerprint density at radius 1 is 1.10 bits per heavy atom. The Labute approximate surface area is 121 Å². The van der Waals surface area contributed by atoms with Crippen molar-refractivity contribution in [2.45, 2.75) is 26.6 Å². The molecule has 1 aromatic carbocycles. The number of rotatable bonds is 6. The summed E-state index contributed by atoms with van der Waals surface area (Å²) in [5.74, 6) is 0. The normalized spacial score (nSPS) is 11.2. The molecule has 1 aromatic heterocycles. The minimum absolute atomic E-state index is 0.857. The Morgan fingerprint density at radius 3 is 2.35 bits per heavy atom. The van der Waals surface area contributed by atoms with Crippen LogP contribution < -0.4 is 5.32 Å². The van der Waals surface area contributed by atoms with Crippen molar-refractivity contribution >= 4 is 0 Å². The van der Waals surface area contributed by atoms with Crippen molar-refractivity contribution in [3.8, 4) is 0 Å². The molecule has 0 aliphatic rings. The molecular weight excluding hydrogens is 248 g/mol. The summed E-state index contributed by atoms with van der Waals surface area (Å²) in [6.07, 6.45) is 1.94. The summed E-state index contributed by atoms with van der Waals surface area (Å²) >= 11 is 0. The van der Waals surface area contributed by atoms with Gasteiger partial charge in [0, 0.05) is 37.9 Å². The fraction of sp³-hybridized carbons (Fsp3) is 0.438. The highest BCUT2D eigenvalue weighted by molar-refractivity contribution is 5.27. The Bertz CT molecular complexity index is 557. The van der Waals surface area contributed by atoms with E-state index >= 15 is 0 Å². The van der Waals surface area contributed by atoms with Crippen LogP contribution in [0.1, 0.15) is 22.4 Å². The lowest BCUT2D eigenvalue weighted by molar-refractivity contribution is 0.400. The maximum absolute atomic E-state index is 4.27. The third-order valence-electron chi connectivity index (χ3n) is 3.57. The van der Waals surface area contributed by atoms with Crippen molar-refractivity contribution in [3.05, 3.63) is 52.8 Å². The Hall–Kier alpha value is -1.65. The van der Waals surface area contributed by atoms with Crippen molar-refractivity contribution in [2.75, 3.05) is 14.1 Å². The first-order valence-corrected chi connectivity index (χ1v) is 6.97. The van der Waals surface area contributed by atoms with E-state index in [9.17, 15) is 0 Å². The third kappa shape index (κ3) is 3.68. The largest absolute Gasteiger partial charge is 0.308 e. The second-order valence-electron chi connectivity index (χ2n) is 5.49. The molecule has 0 spiro atoms. The summed E-state index contributed by atoms with van der Waals surface area (Å²) in [5, 5.41) is 7.78. The zero-order valence-corrected chi connectivity index (χ0v) is 12.8. The standard InChI is InChI=1S/C16H24N4/c1-13-16(11-18-20(13)4)10-17-9-14-7-5-6-8-15(14)12-19(2)3/h5-8,11,17H,9-10,12H2,1-4H3. The van der Waals surface area contributed by atoms with Gasteiger partial charge in [0.25, 0.3) is 0 Å². The van der Waals surface area contributed by atoms with Crippen LogP contribution in [0.3, 0.4) is 0 Å². The van der Waals surface area contributed by atoms with Crippen molar-refractivity contribution in [2.24, 2.45) is 7.05 Å². The van der Waals surface area contributed by atoms with E-state index in [1.807, 2.05) is 17.9 Å². The molecule has 0 aliphatic heterocycles. The van der Waals surface area contributed by atoms with Gasteiger partial charge >= 0.3 is 0 Å². The van der Waals surface area contributed by atoms with E-state index in [4.69, 9.17) is 0 Å². The molecular formula is C16H24N4. The van der Waals surface area contributed by atoms with E-state index in [1.54, 1.807) is 0 Å². The van der Waals surface area contributed by atoms with E-state index in [0.29, 0.717) is 0 Å². The molecule has 0 unspecified atom stereocenters. The van der Waals surface area contributed by atoms with Gasteiger partial charge in [0.05, 0.1) is 6.20 Å². The van der Waals surface area contributed by atoms with E-state index < -0.39 is 0 Å². The molecule has 2 rings (SSSR count). The van der Waals surface area contributed by atoms with Gasteiger partial charge in [0.15, 0.2) is 0 Å². The zero-order chi connectivity index (χ0) is 14.5. The van der Waals surface area contributed by atoms with Gasteiger partial charge < -0.3 is 10.2 Å². The van der Waals surface area contributed by atoms with Crippen LogP contribution in [0, 0.1) is 6.92 Å². The Balaban J connectivity index is 1.95. The number of benzene rings is 1. The molecule has 1 N–H and O–H groups in total. The highest BCUT2D eigenvalue weighted by atomic mass is 15.3. The van der Waals surface area contributed by atoms with Crippen LogP contribution >= 0.6 is 0 Å². The molecule has 4 nitrogen and oxygen atoms in total. The molecule has 0 saturated carbocycles. The van der Waals surface area contributed by atoms with Crippen LogP contribution in [0.2, 0.25) is 0 Å². The predicted octanol–water partition coefficient (Wildman–Crippen LogP) is 2.08. The molecule has 0 amide bonds. The molecule has 1 heterocycles. The Kier molecular flexibility index (Phi) is 4.93. The average Bonchev–Trinajstić information content (AvgIpc) is 2.72. The summed E-state index contributed by atoms with van der Waals surface area (Å²) in [6.45, 7) is 4.82. The second kappa shape index (κ2) is 6.68. The monoisotopic (exact) mass is 272 g/mol. The van der Waals surface area contributed by atoms with Gasteiger partial charge in [-0.2, -0.15) is 5.10 Å². The lowest BCUT2D eigenvalue weighted by Gasteiger charge is -2.14. The minimum Gasteiger partial charge on any atom is -0.308 e. The van der Waals surface area contributed by atoms with E-state index in [0.717, 1.165) is 19.6 Å². The third-order valence-corrected chi connectivity index (χ3v) is 3.57. The summed E-state index contributed by atoms with van der Waals surface area (Å²) in [5.41, 5.74) is 5.23. The van der Waals surface area contributed by atoms with Crippen LogP contribution in [0.5, 0.6) is 0 Å². The predicted molar refractivity (Wildman–Crippen MR) is 82.3 cm³/mol. The van der Waals surface area contributed by atoms with Crippen molar-refractivity contribution in [3.63, 3.8) is 0 Å². The molecule has 0 fully saturated rings. The van der Waals surface area contributed by atoms with Gasteiger partial charge in [-0.15, -0.1) is 0 Å². The van der Waals surface area contributed by atoms with Gasteiger partial charge in [-0.1, -0.05) is 24.3 Å². The second-order valence-corrected chi connectivity index (χ2v) is 5.49. The van der Waals surface area contributed by atoms with Crippen molar-refractivity contribution in [1.29, 1.82) is 0 Å². The van der Waals surface area contributed by atoms with Gasteiger partial charge in [-0.05, 0) is 32.1 Å². The van der Waals surface area contributed by atoms with E-state index in [1.165, 1.54) is 22.4 Å². The summed E-state index contributed by atoms with van der Waals surface area (Å²) < 4.78 is 1.91. The highest BCUT2D eigenvalue weighted by Crippen LogP contribution is 2.11. The minimum atomic E-state index is 0.857. The number of hydrogen-bond donors (Lipinski definition) is 1. The maximum atomic E-state index is 4.27. The lowest BCUT2D eigenvalue weighted by atomic mass is 10.1. The molecule has 108 valence electrons. The van der Waals surface area contributed by atoms with Gasteiger partial charge in [0.1, 0.15) is 0 Å². The average molecular weight is 272 g/mol. The summed E-state index contributed by atoms with van der Waals surface area (Å²) in [4.78, 5) is 2.20. The summed E-state index contributed by atoms with van der Waals surface area (Å²) in [7, 11) is 6.18. The quantitative estimate of drug-likeness (QED) is 0.874. The lowest BCUT2D eigenvalue weighted by Crippen LogP contribution is -2.17. The smallest absolute Gasteiger partial charge is 0.0537 e. The summed E-state index contributed by atoms with van der Waals surface area (Å²) in [6, 6.07) is 8.60. The fourth-order valence-corrected chi connectivity index (χ4v) is 2.27. The van der Waals surface area contributed by atoms with E-state index in [2.05, 4.69) is 60.6 Å². The van der Waals surface area contributed by atoms with Gasteiger partial charge in [0.2, 0.25) is 0 Å². The maximum Gasteiger partial charge on any atom is 0.0537 e. The van der Waals surface area contributed by atoms with Gasteiger partial charge in [-0.25, -0.2) is 0 Å². The van der Waals surface area contributed by atoms with Crippen LogP contribution in [-0.4, -0.2) is 28.8 Å². The first-order chi connectivity index (χ1) is 9.58. The van der Waals surface area contributed by atoms with Gasteiger partial charge in [-0.3, -0.25) is 4.68 Å². The van der Waals surface area contributed by atoms with Crippen molar-refractivity contribution < 1.29 is 0 Å². The van der Waals surface area contributed by atoms with Crippen molar-refractivity contribution in [1.82, 2.24) is 20.0 Å². The molecule has 2 aromatic rings. The van der Waals surface area contributed by atoms with Crippen LogP contribution in [0.25, 0.3) is 0 Å².